The largest absolute Gasteiger partial charge is 0.375 e. The molecule has 0 N–H and O–H groups in total. The highest BCUT2D eigenvalue weighted by molar-refractivity contribution is 5.91. The van der Waals surface area contributed by atoms with Gasteiger partial charge in [0, 0.05) is 38.2 Å². The number of aryl methyl sites for hydroxylation is 1. The van der Waals surface area contributed by atoms with Gasteiger partial charge in [0.05, 0.1) is 29.6 Å². The first kappa shape index (κ1) is 17.7. The first-order chi connectivity index (χ1) is 12.7. The predicted octanol–water partition coefficient (Wildman–Crippen LogP) is 2.86. The average Bonchev–Trinajstić information content (AvgIpc) is 2.96. The smallest absolute Gasteiger partial charge is 0.303 e. The number of rotatable bonds is 4. The van der Waals surface area contributed by atoms with E-state index in [1.807, 2.05) is 19.9 Å². The van der Waals surface area contributed by atoms with Gasteiger partial charge >= 0.3 is 5.92 Å². The van der Waals surface area contributed by atoms with E-state index in [1.165, 1.54) is 6.20 Å². The van der Waals surface area contributed by atoms with Crippen LogP contribution in [0.15, 0.2) is 24.5 Å². The maximum Gasteiger partial charge on any atom is 0.303 e. The molecule has 1 aliphatic heterocycles. The van der Waals surface area contributed by atoms with Crippen LogP contribution in [0.4, 0.5) is 14.6 Å². The molecule has 3 aromatic rings. The molecule has 0 aromatic carbocycles. The number of pyridine rings is 1. The zero-order valence-electron chi connectivity index (χ0n) is 15.6. The minimum absolute atomic E-state index is 0.222. The molecule has 0 saturated carbocycles. The minimum atomic E-state index is -3.13. The number of methoxy groups -OCH3 is 1. The van der Waals surface area contributed by atoms with E-state index < -0.39 is 11.7 Å². The second kappa shape index (κ2) is 5.91. The molecule has 0 unspecified atom stereocenters. The highest BCUT2D eigenvalue weighted by atomic mass is 19.3. The molecule has 1 fully saturated rings. The quantitative estimate of drug-likeness (QED) is 0.700. The van der Waals surface area contributed by atoms with Gasteiger partial charge in [-0.15, -0.1) is 5.10 Å². The van der Waals surface area contributed by atoms with E-state index in [-0.39, 0.29) is 5.60 Å². The molecule has 4 rings (SSSR count). The Labute approximate surface area is 155 Å². The Balaban J connectivity index is 1.84. The van der Waals surface area contributed by atoms with Crippen molar-refractivity contribution < 1.29 is 13.5 Å². The fourth-order valence-corrected chi connectivity index (χ4v) is 3.22. The van der Waals surface area contributed by atoms with Crippen molar-refractivity contribution in [3.8, 4) is 5.82 Å². The van der Waals surface area contributed by atoms with Gasteiger partial charge in [-0.05, 0) is 19.9 Å². The summed E-state index contributed by atoms with van der Waals surface area (Å²) < 4.78 is 34.4. The van der Waals surface area contributed by atoms with E-state index in [0.717, 1.165) is 29.3 Å². The molecule has 0 aliphatic carbocycles. The van der Waals surface area contributed by atoms with Crippen molar-refractivity contribution in [2.24, 2.45) is 0 Å². The van der Waals surface area contributed by atoms with E-state index in [1.54, 1.807) is 24.1 Å². The molecule has 7 nitrogen and oxygen atoms in total. The van der Waals surface area contributed by atoms with Crippen LogP contribution in [0.5, 0.6) is 0 Å². The van der Waals surface area contributed by atoms with Gasteiger partial charge in [0.25, 0.3) is 0 Å². The second-order valence-electron chi connectivity index (χ2n) is 7.22. The third kappa shape index (κ3) is 3.01. The van der Waals surface area contributed by atoms with Gasteiger partial charge in [0.2, 0.25) is 5.82 Å². The van der Waals surface area contributed by atoms with Gasteiger partial charge in [-0.25, -0.2) is 14.6 Å². The molecule has 3 aromatic heterocycles. The lowest BCUT2D eigenvalue weighted by Crippen LogP contribution is -2.61. The summed E-state index contributed by atoms with van der Waals surface area (Å²) in [5.74, 6) is -2.64. The highest BCUT2D eigenvalue weighted by Crippen LogP contribution is 2.35. The Bertz CT molecular complexity index is 1010. The number of ether oxygens (including phenoxy) is 1. The van der Waals surface area contributed by atoms with Crippen LogP contribution in [0.3, 0.4) is 0 Å². The van der Waals surface area contributed by atoms with Gasteiger partial charge in [-0.2, -0.15) is 8.78 Å². The summed E-state index contributed by atoms with van der Waals surface area (Å²) in [6.45, 7) is 6.05. The monoisotopic (exact) mass is 374 g/mol. The van der Waals surface area contributed by atoms with Crippen molar-refractivity contribution in [3.63, 3.8) is 0 Å². The normalized spacial score (nSPS) is 16.6. The lowest BCUT2D eigenvalue weighted by Gasteiger charge is -2.47. The van der Waals surface area contributed by atoms with Gasteiger partial charge in [-0.1, -0.05) is 0 Å². The van der Waals surface area contributed by atoms with E-state index in [2.05, 4.69) is 25.0 Å². The van der Waals surface area contributed by atoms with Crippen LogP contribution in [0.2, 0.25) is 0 Å². The van der Waals surface area contributed by atoms with E-state index in [9.17, 15) is 8.78 Å². The number of fused-ring (bicyclic) bond motifs is 1. The van der Waals surface area contributed by atoms with Crippen molar-refractivity contribution in [3.05, 3.63) is 36.0 Å². The van der Waals surface area contributed by atoms with Crippen molar-refractivity contribution >= 4 is 16.7 Å². The number of halogens is 2. The third-order valence-electron chi connectivity index (χ3n) is 4.78. The maximum absolute atomic E-state index is 13.7. The highest BCUT2D eigenvalue weighted by Gasteiger charge is 2.41. The van der Waals surface area contributed by atoms with Crippen LogP contribution in [-0.4, -0.2) is 50.5 Å². The predicted molar refractivity (Wildman–Crippen MR) is 96.4 cm³/mol. The lowest BCUT2D eigenvalue weighted by atomic mass is 9.96. The molecular weight excluding hydrogens is 354 g/mol. The number of anilines is 1. The molecular formula is C18H20F2N6O. The van der Waals surface area contributed by atoms with E-state index in [0.29, 0.717) is 18.9 Å². The fraction of sp³-hybridized carbons (Fsp3) is 0.444. The average molecular weight is 374 g/mol. The van der Waals surface area contributed by atoms with Crippen molar-refractivity contribution in [1.29, 1.82) is 0 Å². The van der Waals surface area contributed by atoms with Gasteiger partial charge < -0.3 is 9.64 Å². The fourth-order valence-electron chi connectivity index (χ4n) is 3.22. The Morgan fingerprint density at radius 2 is 2.00 bits per heavy atom. The topological polar surface area (TPSA) is 69.0 Å². The summed E-state index contributed by atoms with van der Waals surface area (Å²) in [7, 11) is 1.69. The van der Waals surface area contributed by atoms with Crippen LogP contribution < -0.4 is 4.90 Å². The molecule has 27 heavy (non-hydrogen) atoms. The van der Waals surface area contributed by atoms with Crippen molar-refractivity contribution in [2.75, 3.05) is 25.1 Å². The molecule has 0 radical (unpaired) electrons. The van der Waals surface area contributed by atoms with E-state index >= 15 is 0 Å². The summed E-state index contributed by atoms with van der Waals surface area (Å²) in [6.07, 6.45) is 3.07. The maximum atomic E-state index is 13.7. The molecule has 0 spiro atoms. The van der Waals surface area contributed by atoms with Crippen LogP contribution >= 0.6 is 0 Å². The third-order valence-corrected chi connectivity index (χ3v) is 4.78. The van der Waals surface area contributed by atoms with Crippen molar-refractivity contribution in [1.82, 2.24) is 24.7 Å². The molecule has 4 heterocycles. The molecule has 0 atom stereocenters. The molecule has 0 bridgehead atoms. The molecule has 1 saturated heterocycles. The number of alkyl halides is 2. The van der Waals surface area contributed by atoms with Gasteiger partial charge in [-0.3, -0.25) is 4.98 Å². The summed E-state index contributed by atoms with van der Waals surface area (Å²) in [4.78, 5) is 14.2. The van der Waals surface area contributed by atoms with Crippen LogP contribution in [-0.2, 0) is 10.7 Å². The van der Waals surface area contributed by atoms with Crippen LogP contribution in [0.25, 0.3) is 16.7 Å². The molecule has 0 amide bonds. The Kier molecular flexibility index (Phi) is 3.88. The minimum Gasteiger partial charge on any atom is -0.375 e. The number of hydrogen-bond acceptors (Lipinski definition) is 6. The van der Waals surface area contributed by atoms with Crippen molar-refractivity contribution in [2.45, 2.75) is 32.3 Å². The van der Waals surface area contributed by atoms with Crippen LogP contribution in [0, 0.1) is 6.92 Å². The summed E-state index contributed by atoms with van der Waals surface area (Å²) in [5, 5.41) is 5.49. The Hall–Kier alpha value is -2.68. The summed E-state index contributed by atoms with van der Waals surface area (Å²) >= 11 is 0. The molecule has 1 aliphatic rings. The Morgan fingerprint density at radius 1 is 1.26 bits per heavy atom. The van der Waals surface area contributed by atoms with Gasteiger partial charge in [0.15, 0.2) is 11.6 Å². The number of aromatic nitrogens is 5. The molecule has 9 heteroatoms. The van der Waals surface area contributed by atoms with Crippen LogP contribution in [0.1, 0.15) is 25.4 Å². The Morgan fingerprint density at radius 3 is 2.67 bits per heavy atom. The van der Waals surface area contributed by atoms with Gasteiger partial charge in [0.1, 0.15) is 0 Å². The first-order valence-electron chi connectivity index (χ1n) is 8.57. The summed E-state index contributed by atoms with van der Waals surface area (Å²) in [5.41, 5.74) is 1.34. The second-order valence-corrected chi connectivity index (χ2v) is 7.22. The molecule has 142 valence electrons. The summed E-state index contributed by atoms with van der Waals surface area (Å²) in [6, 6.07) is 3.43. The zero-order valence-corrected chi connectivity index (χ0v) is 15.6. The van der Waals surface area contributed by atoms with E-state index in [4.69, 9.17) is 4.74 Å². The first-order valence-corrected chi connectivity index (χ1v) is 8.57. The number of hydrogen-bond donors (Lipinski definition) is 0. The lowest BCUT2D eigenvalue weighted by molar-refractivity contribution is -0.0170. The standard InChI is InChI=1S/C18H20F2N6O/c1-11-7-13-12(8-22-11)15(25-9-17(2,10-25)27-4)24-26(13)14-5-6-21-16(23-14)18(3,19)20/h5-8H,9-10H2,1-4H3. The SMILES string of the molecule is COC1(C)CN(c2nn(-c3ccnc(C(C)(F)F)n3)c3cc(C)ncc23)C1. The zero-order chi connectivity index (χ0) is 19.4. The number of nitrogens with zero attached hydrogens (tertiary/aromatic N) is 6.